The van der Waals surface area contributed by atoms with Gasteiger partial charge in [-0.1, -0.05) is 0 Å². The topological polar surface area (TPSA) is 57.5 Å². The van der Waals surface area contributed by atoms with Gasteiger partial charge >= 0.3 is 0 Å². The summed E-state index contributed by atoms with van der Waals surface area (Å²) >= 11 is 0. The van der Waals surface area contributed by atoms with Crippen LogP contribution in [0.1, 0.15) is 0 Å². The highest BCUT2D eigenvalue weighted by Gasteiger charge is 2.34. The van der Waals surface area contributed by atoms with E-state index < -0.39 is 37.5 Å². The molecule has 0 heterocycles. The van der Waals surface area contributed by atoms with Crippen molar-refractivity contribution in [2.24, 2.45) is 0 Å². The number of hydrogen-bond donors (Lipinski definition) is 2. The molecule has 3 nitrogen and oxygen atoms in total. The predicted molar refractivity (Wildman–Crippen MR) is 33.8 cm³/mol. The summed E-state index contributed by atoms with van der Waals surface area (Å²) in [5.74, 6) is 0. The van der Waals surface area contributed by atoms with Crippen LogP contribution in [0, 0.1) is 0 Å². The molecular formula is C6H9F3O3. The summed E-state index contributed by atoms with van der Waals surface area (Å²) in [7, 11) is 0. The first-order chi connectivity index (χ1) is 5.54. The minimum atomic E-state index is -2.73. The summed E-state index contributed by atoms with van der Waals surface area (Å²) in [4.78, 5) is 9.64. The zero-order valence-corrected chi connectivity index (χ0v) is 6.03. The first kappa shape index (κ1) is 11.4. The van der Waals surface area contributed by atoms with Crippen LogP contribution in [-0.2, 0) is 4.79 Å². The van der Waals surface area contributed by atoms with Gasteiger partial charge in [-0.15, -0.1) is 0 Å². The van der Waals surface area contributed by atoms with Gasteiger partial charge in [-0.2, -0.15) is 0 Å². The van der Waals surface area contributed by atoms with Gasteiger partial charge in [-0.05, 0) is 0 Å². The van der Waals surface area contributed by atoms with Crippen molar-refractivity contribution in [3.63, 3.8) is 0 Å². The molecule has 0 bridgehead atoms. The Morgan fingerprint density at radius 2 is 1.75 bits per heavy atom. The highest BCUT2D eigenvalue weighted by molar-refractivity contribution is 5.57. The van der Waals surface area contributed by atoms with Gasteiger partial charge in [0.05, 0.1) is 6.61 Å². The van der Waals surface area contributed by atoms with Gasteiger partial charge in [0.1, 0.15) is 6.10 Å². The van der Waals surface area contributed by atoms with E-state index in [1.165, 1.54) is 0 Å². The van der Waals surface area contributed by atoms with E-state index in [0.29, 0.717) is 0 Å². The minimum absolute atomic E-state index is 0.401. The Bertz CT molecular complexity index is 144. The molecule has 2 N–H and O–H groups in total. The van der Waals surface area contributed by atoms with Crippen LogP contribution >= 0.6 is 0 Å². The largest absolute Gasteiger partial charge is 0.394 e. The molecule has 12 heavy (non-hydrogen) atoms. The summed E-state index contributed by atoms with van der Waals surface area (Å²) in [6, 6.07) is 0. The molecular weight excluding hydrogens is 177 g/mol. The average molecular weight is 186 g/mol. The van der Waals surface area contributed by atoms with Crippen LogP contribution in [0.25, 0.3) is 0 Å². The van der Waals surface area contributed by atoms with E-state index in [-0.39, 0.29) is 0 Å². The molecule has 0 aliphatic heterocycles. The number of aliphatic hydroxyl groups is 2. The molecule has 4 atom stereocenters. The van der Waals surface area contributed by atoms with Gasteiger partial charge in [0.15, 0.2) is 24.8 Å². The summed E-state index contributed by atoms with van der Waals surface area (Å²) in [5.41, 5.74) is 0. The number of halogens is 3. The first-order valence-electron chi connectivity index (χ1n) is 3.21. The SMILES string of the molecule is O=C[C@@H](F)[C@H](F)[C@H](F)[C@H](O)CO. The Morgan fingerprint density at radius 1 is 1.25 bits per heavy atom. The Kier molecular flexibility index (Phi) is 4.84. The molecule has 0 rings (SSSR count). The van der Waals surface area contributed by atoms with Gasteiger partial charge in [0.25, 0.3) is 0 Å². The lowest BCUT2D eigenvalue weighted by Gasteiger charge is -2.17. The minimum Gasteiger partial charge on any atom is -0.394 e. The van der Waals surface area contributed by atoms with Crippen LogP contribution in [0.3, 0.4) is 0 Å². The van der Waals surface area contributed by atoms with Crippen molar-refractivity contribution in [2.45, 2.75) is 24.6 Å². The third-order valence-electron chi connectivity index (χ3n) is 1.29. The van der Waals surface area contributed by atoms with Crippen LogP contribution in [-0.4, -0.2) is 47.7 Å². The van der Waals surface area contributed by atoms with E-state index in [1.54, 1.807) is 0 Å². The van der Waals surface area contributed by atoms with Crippen molar-refractivity contribution < 1.29 is 28.2 Å². The van der Waals surface area contributed by atoms with Gasteiger partial charge in [0.2, 0.25) is 0 Å². The van der Waals surface area contributed by atoms with E-state index in [4.69, 9.17) is 10.2 Å². The Balaban J connectivity index is 4.07. The second-order valence-corrected chi connectivity index (χ2v) is 2.22. The Labute approximate surface area is 66.8 Å². The summed E-state index contributed by atoms with van der Waals surface area (Å²) in [6.45, 7) is -1.02. The van der Waals surface area contributed by atoms with Gasteiger partial charge < -0.3 is 10.2 Å². The first-order valence-corrected chi connectivity index (χ1v) is 3.21. The van der Waals surface area contributed by atoms with E-state index >= 15 is 0 Å². The van der Waals surface area contributed by atoms with Crippen LogP contribution in [0.4, 0.5) is 13.2 Å². The molecule has 6 heteroatoms. The van der Waals surface area contributed by atoms with Gasteiger partial charge in [-0.3, -0.25) is 4.79 Å². The lowest BCUT2D eigenvalue weighted by molar-refractivity contribution is -0.116. The smallest absolute Gasteiger partial charge is 0.189 e. The van der Waals surface area contributed by atoms with Crippen molar-refractivity contribution >= 4 is 6.29 Å². The van der Waals surface area contributed by atoms with E-state index in [0.717, 1.165) is 0 Å². The molecule has 0 aliphatic rings. The predicted octanol–water partition coefficient (Wildman–Crippen LogP) is -0.447. The van der Waals surface area contributed by atoms with Crippen LogP contribution in [0.5, 0.6) is 0 Å². The number of hydrogen-bond acceptors (Lipinski definition) is 3. The highest BCUT2D eigenvalue weighted by atomic mass is 19.2. The zero-order chi connectivity index (χ0) is 9.72. The second kappa shape index (κ2) is 5.10. The van der Waals surface area contributed by atoms with E-state index in [9.17, 15) is 18.0 Å². The molecule has 0 unspecified atom stereocenters. The number of aliphatic hydroxyl groups excluding tert-OH is 2. The molecule has 0 saturated carbocycles. The van der Waals surface area contributed by atoms with Crippen molar-refractivity contribution in [1.82, 2.24) is 0 Å². The summed E-state index contributed by atoms with van der Waals surface area (Å²) in [6.07, 6.45) is -10.3. The number of carbonyl (C=O) groups excluding carboxylic acids is 1. The number of rotatable bonds is 5. The Morgan fingerprint density at radius 3 is 2.08 bits per heavy atom. The van der Waals surface area contributed by atoms with Crippen molar-refractivity contribution in [3.8, 4) is 0 Å². The molecule has 0 aromatic heterocycles. The number of carbonyl (C=O) groups is 1. The summed E-state index contributed by atoms with van der Waals surface area (Å²) < 4.78 is 36.9. The van der Waals surface area contributed by atoms with Crippen molar-refractivity contribution in [1.29, 1.82) is 0 Å². The molecule has 0 saturated heterocycles. The van der Waals surface area contributed by atoms with Crippen molar-refractivity contribution in [2.75, 3.05) is 6.61 Å². The zero-order valence-electron chi connectivity index (χ0n) is 6.03. The number of alkyl halides is 3. The highest BCUT2D eigenvalue weighted by Crippen LogP contribution is 2.13. The normalized spacial score (nSPS) is 21.1. The van der Waals surface area contributed by atoms with Crippen LogP contribution < -0.4 is 0 Å². The maximum Gasteiger partial charge on any atom is 0.189 e. The van der Waals surface area contributed by atoms with Gasteiger partial charge in [0, 0.05) is 0 Å². The van der Waals surface area contributed by atoms with Crippen molar-refractivity contribution in [3.05, 3.63) is 0 Å². The quantitative estimate of drug-likeness (QED) is 0.572. The molecule has 72 valence electrons. The molecule has 0 fully saturated rings. The van der Waals surface area contributed by atoms with E-state index in [2.05, 4.69) is 0 Å². The second-order valence-electron chi connectivity index (χ2n) is 2.22. The average Bonchev–Trinajstić information content (AvgIpc) is 2.12. The third kappa shape index (κ3) is 2.78. The lowest BCUT2D eigenvalue weighted by atomic mass is 10.1. The maximum absolute atomic E-state index is 12.4. The molecule has 0 aliphatic carbocycles. The van der Waals surface area contributed by atoms with E-state index in [1.807, 2.05) is 0 Å². The fraction of sp³-hybridized carbons (Fsp3) is 0.833. The molecule has 0 aromatic rings. The van der Waals surface area contributed by atoms with Crippen LogP contribution in [0.15, 0.2) is 0 Å². The third-order valence-corrected chi connectivity index (χ3v) is 1.29. The standard InChI is InChI=1S/C6H9F3O3/c7-3(1-10)5(8)6(9)4(12)2-11/h1,3-6,11-12H,2H2/t3-,4-,5+,6-/m1/s1. The molecule has 0 amide bonds. The summed E-state index contributed by atoms with van der Waals surface area (Å²) in [5, 5.41) is 16.6. The Hall–Kier alpha value is -0.620. The number of aldehydes is 1. The fourth-order valence-corrected chi connectivity index (χ4v) is 0.564. The maximum atomic E-state index is 12.4. The molecule has 0 spiro atoms. The monoisotopic (exact) mass is 186 g/mol. The van der Waals surface area contributed by atoms with Gasteiger partial charge in [-0.25, -0.2) is 13.2 Å². The fourth-order valence-electron chi connectivity index (χ4n) is 0.564. The molecule has 0 aromatic carbocycles. The van der Waals surface area contributed by atoms with Crippen LogP contribution in [0.2, 0.25) is 0 Å². The molecule has 0 radical (unpaired) electrons. The lowest BCUT2D eigenvalue weighted by Crippen LogP contribution is -2.39.